The van der Waals surface area contributed by atoms with Crippen molar-refractivity contribution in [2.24, 2.45) is 16.2 Å². The highest BCUT2D eigenvalue weighted by Crippen LogP contribution is 2.28. The molecule has 1 aliphatic carbocycles. The number of likely N-dealkylation sites (N-methyl/N-ethyl adjacent to an activating group) is 1. The highest BCUT2D eigenvalue weighted by molar-refractivity contribution is 5.76. The maximum Gasteiger partial charge on any atom is 0.311 e. The van der Waals surface area contributed by atoms with Crippen LogP contribution in [0.2, 0.25) is 0 Å². The van der Waals surface area contributed by atoms with Crippen LogP contribution in [0.1, 0.15) is 223 Å². The van der Waals surface area contributed by atoms with Crippen molar-refractivity contribution in [3.63, 3.8) is 0 Å². The Hall–Kier alpha value is -2.54. The van der Waals surface area contributed by atoms with E-state index in [2.05, 4.69) is 28.1 Å². The van der Waals surface area contributed by atoms with E-state index in [-0.39, 0.29) is 53.9 Å². The monoisotopic (exact) mass is 2120 g/mol. The minimum absolute atomic E-state index is 0. The summed E-state index contributed by atoms with van der Waals surface area (Å²) in [5.41, 5.74) is -1.12. The Morgan fingerprint density at radius 2 is 0.338 bits per heavy atom. The summed E-state index contributed by atoms with van der Waals surface area (Å²) in [5, 5.41) is 0. The summed E-state index contributed by atoms with van der Waals surface area (Å²) < 4.78 is 183. The Labute approximate surface area is 884 Å². The molecule has 0 saturated heterocycles. The van der Waals surface area contributed by atoms with Crippen LogP contribution >= 0.6 is 0 Å². The van der Waals surface area contributed by atoms with Crippen molar-refractivity contribution < 1.29 is 188 Å². The molecule has 0 aromatic rings. The van der Waals surface area contributed by atoms with Gasteiger partial charge in [-0.3, -0.25) is 14.4 Å². The summed E-state index contributed by atoms with van der Waals surface area (Å²) in [7, 11) is 6.25. The van der Waals surface area contributed by atoms with Gasteiger partial charge in [-0.2, -0.15) is 0 Å². The SMILES string of the molecule is CCC(C)(C)C(=O)OC1CCCCC1.CCC(C)(C)C(=O)OCC[N+](C)(C)C.CCCCCCCCCCCCCCCCCCOCCOCCOCCOCCOCCOCCOCCOCCOCCOCCOCCOCCOCCOCCOCCOCCOCCOCCOCCOCCOCCOCCOCCOCCOCCOCCOCCOCCOCCOCCOC(=O)C(C)(C)CC.[Cl-]. The Balaban J connectivity index is -0.00000592. The normalized spacial score (nSPS) is 12.6. The first kappa shape index (κ1) is 147. The van der Waals surface area contributed by atoms with Crippen molar-refractivity contribution in [2.45, 2.75) is 229 Å². The number of unbranched alkanes of at least 4 members (excludes halogenated alkanes) is 15. The topological polar surface area (TPSA) is 356 Å². The van der Waals surface area contributed by atoms with E-state index in [0.29, 0.717) is 396 Å². The molecular weight excluding hydrogens is 1910 g/mol. The fourth-order valence-electron chi connectivity index (χ4n) is 12.2. The summed E-state index contributed by atoms with van der Waals surface area (Å²) in [4.78, 5) is 35.2. The van der Waals surface area contributed by atoms with E-state index in [9.17, 15) is 14.4 Å². The summed E-state index contributed by atoms with van der Waals surface area (Å²) in [6, 6.07) is 0. The lowest BCUT2D eigenvalue weighted by Crippen LogP contribution is -3.00. The van der Waals surface area contributed by atoms with Gasteiger partial charge in [-0.25, -0.2) is 0 Å². The number of esters is 3. The fraction of sp³-hybridized carbons (Fsp3) is 0.972. The van der Waals surface area contributed by atoms with E-state index in [4.69, 9.17) is 156 Å². The van der Waals surface area contributed by atoms with Crippen LogP contribution in [0.3, 0.4) is 0 Å². The first-order chi connectivity index (χ1) is 70.3. The van der Waals surface area contributed by atoms with Gasteiger partial charge in [-0.1, -0.05) is 130 Å². The van der Waals surface area contributed by atoms with Gasteiger partial charge >= 0.3 is 17.9 Å². The number of hydrogen-bond acceptors (Lipinski definition) is 36. The zero-order valence-electron chi connectivity index (χ0n) is 93.6. The van der Waals surface area contributed by atoms with Gasteiger partial charge in [0.25, 0.3) is 0 Å². The van der Waals surface area contributed by atoms with E-state index in [0.717, 1.165) is 56.2 Å². The number of hydrogen-bond donors (Lipinski definition) is 0. The van der Waals surface area contributed by atoms with E-state index in [1.54, 1.807) is 0 Å². The summed E-state index contributed by atoms with van der Waals surface area (Å²) >= 11 is 0. The molecule has 0 atom stereocenters. The number of nitrogens with zero attached hydrogens (tertiary/aromatic N) is 1. The van der Waals surface area contributed by atoms with Crippen LogP contribution in [-0.2, 0) is 171 Å². The molecule has 37 nitrogen and oxygen atoms in total. The zero-order valence-corrected chi connectivity index (χ0v) is 94.4. The number of ether oxygens (including phenoxy) is 33. The van der Waals surface area contributed by atoms with E-state index >= 15 is 0 Å². The molecule has 1 fully saturated rings. The zero-order chi connectivity index (χ0) is 105. The van der Waals surface area contributed by atoms with Crippen LogP contribution in [0.15, 0.2) is 0 Å². The van der Waals surface area contributed by atoms with E-state index < -0.39 is 5.41 Å². The second-order valence-corrected chi connectivity index (χ2v) is 37.3. The molecule has 1 aliphatic rings. The van der Waals surface area contributed by atoms with Gasteiger partial charge in [0.15, 0.2) is 0 Å². The largest absolute Gasteiger partial charge is 1.00 e. The van der Waals surface area contributed by atoms with Gasteiger partial charge in [-0.15, -0.1) is 0 Å². The van der Waals surface area contributed by atoms with Crippen LogP contribution in [0.25, 0.3) is 0 Å². The van der Waals surface area contributed by atoms with Crippen LogP contribution < -0.4 is 12.4 Å². The Kier molecular flexibility index (Phi) is 120. The highest BCUT2D eigenvalue weighted by Gasteiger charge is 2.31. The van der Waals surface area contributed by atoms with Crippen molar-refractivity contribution in [3.8, 4) is 0 Å². The van der Waals surface area contributed by atoms with Crippen molar-refractivity contribution >= 4 is 17.9 Å². The molecule has 38 heteroatoms. The molecule has 1 rings (SSSR count). The Morgan fingerprint density at radius 1 is 0.193 bits per heavy atom. The van der Waals surface area contributed by atoms with Crippen molar-refractivity contribution in [2.75, 3.05) is 437 Å². The van der Waals surface area contributed by atoms with Gasteiger partial charge in [0.1, 0.15) is 25.9 Å². The van der Waals surface area contributed by atoms with Crippen molar-refractivity contribution in [3.05, 3.63) is 0 Å². The van der Waals surface area contributed by atoms with Gasteiger partial charge in [0, 0.05) is 6.61 Å². The maximum atomic E-state index is 11.9. The predicted octanol–water partition coefficient (Wildman–Crippen LogP) is 10.7. The Morgan fingerprint density at radius 3 is 0.503 bits per heavy atom. The lowest BCUT2D eigenvalue weighted by Gasteiger charge is -2.27. The molecule has 0 aromatic carbocycles. The molecule has 0 bridgehead atoms. The molecule has 0 radical (unpaired) electrons. The summed E-state index contributed by atoms with van der Waals surface area (Å²) in [5.74, 6) is -0.317. The molecule has 0 spiro atoms. The maximum absolute atomic E-state index is 11.9. The number of carbonyl (C=O) groups excluding carboxylic acids is 3. The molecule has 0 amide bonds. The van der Waals surface area contributed by atoms with Crippen LogP contribution in [0.4, 0.5) is 0 Å². The van der Waals surface area contributed by atoms with Crippen LogP contribution in [0, 0.1) is 16.2 Å². The first-order valence-electron chi connectivity index (χ1n) is 55.0. The molecule has 870 valence electrons. The quantitative estimate of drug-likeness (QED) is 0.0236. The highest BCUT2D eigenvalue weighted by atomic mass is 35.5. The standard InChI is InChI=1S/C84H168O32.C12H22O2.C11H24NO2.ClH/c1-5-7-8-9-10-11-12-13-14-15-16-17-18-19-20-21-22-86-23-24-87-25-26-88-27-28-89-29-30-90-31-32-91-33-34-92-35-36-93-37-38-94-39-40-95-41-42-96-43-44-97-45-46-98-47-48-99-49-50-100-51-52-101-53-54-102-55-56-103-57-58-104-59-60-105-61-62-106-63-64-107-65-66-108-67-68-109-69-70-110-71-72-111-73-74-112-75-76-113-77-78-114-79-80-115-81-82-116-83(85)84(3,4)6-2;1-4-12(2,3)11(13)14-10-8-6-5-7-9-10;1-7-11(2,3)10(13)14-9-8-12(4,5)6;/h5-82H2,1-4H3;10H,4-9H2,1-3H3;7-9H2,1-6H3;1H/q;;+1;/p-1. The average Bonchev–Trinajstić information content (AvgIpc) is 0.864. The number of rotatable bonds is 117. The minimum Gasteiger partial charge on any atom is -1.00 e. The smallest absolute Gasteiger partial charge is 0.311 e. The van der Waals surface area contributed by atoms with E-state index in [1.165, 1.54) is 116 Å². The second-order valence-electron chi connectivity index (χ2n) is 37.3. The lowest BCUT2D eigenvalue weighted by molar-refractivity contribution is -0.870. The van der Waals surface area contributed by atoms with Gasteiger partial charge < -0.3 is 173 Å². The minimum atomic E-state index is -0.469. The van der Waals surface area contributed by atoms with Gasteiger partial charge in [0.2, 0.25) is 0 Å². The van der Waals surface area contributed by atoms with Gasteiger partial charge in [-0.05, 0) is 92.9 Å². The summed E-state index contributed by atoms with van der Waals surface area (Å²) in [6.45, 7) is 50.9. The number of halogens is 1. The summed E-state index contributed by atoms with van der Waals surface area (Å²) in [6.07, 6.45) is 30.5. The lowest BCUT2D eigenvalue weighted by atomic mass is 9.90. The molecule has 0 unspecified atom stereocenters. The predicted molar refractivity (Wildman–Crippen MR) is 554 cm³/mol. The molecule has 0 aromatic heterocycles. The van der Waals surface area contributed by atoms with Crippen LogP contribution in [0.5, 0.6) is 0 Å². The molecular formula is C107H214ClNO36. The fourth-order valence-corrected chi connectivity index (χ4v) is 12.2. The molecule has 0 N–H and O–H groups in total. The van der Waals surface area contributed by atoms with E-state index in [1.807, 2.05) is 62.3 Å². The molecule has 0 heterocycles. The van der Waals surface area contributed by atoms with Crippen molar-refractivity contribution in [1.82, 2.24) is 0 Å². The third-order valence-electron chi connectivity index (χ3n) is 22.5. The third-order valence-corrected chi connectivity index (χ3v) is 22.5. The molecule has 145 heavy (non-hydrogen) atoms. The average molecular weight is 2130 g/mol. The molecule has 0 aliphatic heterocycles. The number of quaternary nitrogens is 1. The van der Waals surface area contributed by atoms with Crippen molar-refractivity contribution in [1.29, 1.82) is 0 Å². The van der Waals surface area contributed by atoms with Gasteiger partial charge in [0.05, 0.1) is 427 Å². The number of carbonyl (C=O) groups is 3. The second kappa shape index (κ2) is 119. The van der Waals surface area contributed by atoms with Crippen LogP contribution in [-0.4, -0.2) is 466 Å². The first-order valence-corrected chi connectivity index (χ1v) is 55.0. The molecule has 1 saturated carbocycles. The Bertz CT molecular complexity index is 2500. The third kappa shape index (κ3) is 118.